The molecule has 0 bridgehead atoms. The van der Waals surface area contributed by atoms with E-state index in [1.165, 1.54) is 60.8 Å². The minimum Gasteiger partial charge on any atom is -0.472 e. The van der Waals surface area contributed by atoms with E-state index in [2.05, 4.69) is 55.4 Å². The summed E-state index contributed by atoms with van der Waals surface area (Å²) in [6.45, 7) is 18.7. The molecule has 240 valence electrons. The van der Waals surface area contributed by atoms with Crippen molar-refractivity contribution < 1.29 is 18.4 Å². The van der Waals surface area contributed by atoms with Crippen LogP contribution in [0, 0.1) is 45.3 Å². The minimum absolute atomic E-state index is 0.148. The Hall–Kier alpha value is -2.10. The SMILES string of the molecule is CC1(C)C(=O)CC[C@]2(C)[C@H]3CCc4cocc4[C@]3(C)CC[C@@H]12.CC1(C)C(=O)CC[C@]2(C)[C@H]3CCc4cocc4[C@]3(C)CC[C@@H]12. The third-order valence-electron chi connectivity index (χ3n) is 15.7. The molecule has 2 aromatic heterocycles. The van der Waals surface area contributed by atoms with Gasteiger partial charge in [-0.05, 0) is 132 Å². The number of fused-ring (bicyclic) bond motifs is 10. The number of Topliss-reactive ketones (excluding diaryl/α,β-unsaturated/α-hetero) is 2. The quantitative estimate of drug-likeness (QED) is 0.302. The van der Waals surface area contributed by atoms with Crippen molar-refractivity contribution in [1.82, 2.24) is 0 Å². The van der Waals surface area contributed by atoms with Crippen molar-refractivity contribution in [2.24, 2.45) is 45.3 Å². The van der Waals surface area contributed by atoms with Gasteiger partial charge < -0.3 is 8.83 Å². The predicted molar refractivity (Wildman–Crippen MR) is 173 cm³/mol. The molecule has 6 aliphatic rings. The van der Waals surface area contributed by atoms with Gasteiger partial charge in [-0.3, -0.25) is 9.59 Å². The summed E-state index contributed by atoms with van der Waals surface area (Å²) >= 11 is 0. The van der Waals surface area contributed by atoms with Crippen molar-refractivity contribution in [3.05, 3.63) is 47.3 Å². The highest BCUT2D eigenvalue weighted by molar-refractivity contribution is 5.86. The van der Waals surface area contributed by atoms with Crippen molar-refractivity contribution in [1.29, 1.82) is 0 Å². The average Bonchev–Trinajstić information content (AvgIpc) is 3.65. The van der Waals surface area contributed by atoms with E-state index in [4.69, 9.17) is 8.83 Å². The number of aryl methyl sites for hydroxylation is 2. The van der Waals surface area contributed by atoms with Crippen molar-refractivity contribution >= 4 is 11.6 Å². The van der Waals surface area contributed by atoms with E-state index in [0.29, 0.717) is 46.1 Å². The summed E-state index contributed by atoms with van der Waals surface area (Å²) in [4.78, 5) is 25.0. The topological polar surface area (TPSA) is 60.4 Å². The third-order valence-corrected chi connectivity index (χ3v) is 15.7. The second-order valence-electron chi connectivity index (χ2n) is 18.1. The largest absolute Gasteiger partial charge is 0.472 e. The molecule has 0 spiro atoms. The molecule has 0 aromatic carbocycles. The number of ketones is 2. The summed E-state index contributed by atoms with van der Waals surface area (Å²) in [6.07, 6.45) is 21.1. The van der Waals surface area contributed by atoms with Crippen molar-refractivity contribution in [3.63, 3.8) is 0 Å². The molecule has 2 heterocycles. The summed E-state index contributed by atoms with van der Waals surface area (Å²) in [5.41, 5.74) is 6.52. The van der Waals surface area contributed by atoms with Gasteiger partial charge in [0.2, 0.25) is 0 Å². The molecule has 0 saturated heterocycles. The Balaban J connectivity index is 0.000000142. The van der Waals surface area contributed by atoms with Crippen LogP contribution in [0.4, 0.5) is 0 Å². The number of furan rings is 2. The Morgan fingerprint density at radius 1 is 0.500 bits per heavy atom. The fourth-order valence-electron chi connectivity index (χ4n) is 13.3. The molecule has 4 nitrogen and oxygen atoms in total. The van der Waals surface area contributed by atoms with E-state index in [0.717, 1.165) is 38.5 Å². The average molecular weight is 601 g/mol. The second kappa shape index (κ2) is 9.71. The van der Waals surface area contributed by atoms with Crippen molar-refractivity contribution in [2.75, 3.05) is 0 Å². The number of hydrogen-bond acceptors (Lipinski definition) is 4. The van der Waals surface area contributed by atoms with Gasteiger partial charge in [0.05, 0.1) is 25.1 Å². The lowest BCUT2D eigenvalue weighted by Crippen LogP contribution is -2.59. The van der Waals surface area contributed by atoms with Crippen LogP contribution in [0.25, 0.3) is 0 Å². The normalized spacial score (nSPS) is 43.2. The Labute approximate surface area is 265 Å². The maximum absolute atomic E-state index is 12.5. The molecule has 0 N–H and O–H groups in total. The highest BCUT2D eigenvalue weighted by atomic mass is 16.3. The van der Waals surface area contributed by atoms with Gasteiger partial charge >= 0.3 is 0 Å². The van der Waals surface area contributed by atoms with E-state index in [-0.39, 0.29) is 21.7 Å². The van der Waals surface area contributed by atoms with E-state index in [1.54, 1.807) is 0 Å². The molecule has 0 radical (unpaired) electrons. The lowest BCUT2D eigenvalue weighted by atomic mass is 9.40. The van der Waals surface area contributed by atoms with Gasteiger partial charge in [-0.2, -0.15) is 0 Å². The molecule has 4 fully saturated rings. The number of hydrogen-bond donors (Lipinski definition) is 0. The predicted octanol–water partition coefficient (Wildman–Crippen LogP) is 9.81. The van der Waals surface area contributed by atoms with E-state index >= 15 is 0 Å². The summed E-state index contributed by atoms with van der Waals surface area (Å²) < 4.78 is 11.1. The van der Waals surface area contributed by atoms with E-state index in [1.807, 2.05) is 25.1 Å². The van der Waals surface area contributed by atoms with Gasteiger partial charge in [-0.15, -0.1) is 0 Å². The molecule has 4 saturated carbocycles. The van der Waals surface area contributed by atoms with Gasteiger partial charge in [0.1, 0.15) is 11.6 Å². The molecule has 0 aliphatic heterocycles. The smallest absolute Gasteiger partial charge is 0.138 e. The molecular weight excluding hydrogens is 544 g/mol. The van der Waals surface area contributed by atoms with Crippen LogP contribution in [0.5, 0.6) is 0 Å². The highest BCUT2D eigenvalue weighted by Gasteiger charge is 2.63. The van der Waals surface area contributed by atoms with Crippen LogP contribution < -0.4 is 0 Å². The fourth-order valence-corrected chi connectivity index (χ4v) is 13.3. The summed E-state index contributed by atoms with van der Waals surface area (Å²) in [7, 11) is 0. The van der Waals surface area contributed by atoms with Gasteiger partial charge in [0, 0.05) is 23.7 Å². The molecular formula is C40H56O4. The Morgan fingerprint density at radius 2 is 0.886 bits per heavy atom. The number of carbonyl (C=O) groups excluding carboxylic acids is 2. The van der Waals surface area contributed by atoms with Crippen LogP contribution in [-0.2, 0) is 33.3 Å². The highest BCUT2D eigenvalue weighted by Crippen LogP contribution is 2.67. The molecule has 8 rings (SSSR count). The second-order valence-corrected chi connectivity index (χ2v) is 18.1. The Kier molecular flexibility index (Phi) is 6.74. The van der Waals surface area contributed by atoms with Crippen LogP contribution in [0.1, 0.15) is 142 Å². The number of carbonyl (C=O) groups is 2. The van der Waals surface area contributed by atoms with Gasteiger partial charge in [-0.1, -0.05) is 55.4 Å². The summed E-state index contributed by atoms with van der Waals surface area (Å²) in [6, 6.07) is 0. The standard InChI is InChI=1S/2C20H28O2/c2*1-18(2)15-7-9-19(3)14-12-22-11-13(14)5-6-16(19)20(15,4)10-8-17(18)21/h2*11-12,15-16H,5-10H2,1-4H3/t2*15-,16-,19-,20-/m00/s1. The first kappa shape index (κ1) is 30.5. The van der Waals surface area contributed by atoms with Gasteiger partial charge in [0.15, 0.2) is 0 Å². The van der Waals surface area contributed by atoms with Crippen LogP contribution in [0.3, 0.4) is 0 Å². The van der Waals surface area contributed by atoms with Crippen molar-refractivity contribution in [2.45, 2.75) is 143 Å². The minimum atomic E-state index is -0.148. The maximum atomic E-state index is 12.5. The molecule has 8 atom stereocenters. The summed E-state index contributed by atoms with van der Waals surface area (Å²) in [5.74, 6) is 3.39. The zero-order valence-corrected chi connectivity index (χ0v) is 28.7. The fraction of sp³-hybridized carbons (Fsp3) is 0.750. The molecule has 0 amide bonds. The van der Waals surface area contributed by atoms with Crippen LogP contribution in [-0.4, -0.2) is 11.6 Å². The molecule has 44 heavy (non-hydrogen) atoms. The zero-order chi connectivity index (χ0) is 31.5. The Bertz CT molecular complexity index is 1360. The van der Waals surface area contributed by atoms with Gasteiger partial charge in [-0.25, -0.2) is 0 Å². The Morgan fingerprint density at radius 3 is 1.27 bits per heavy atom. The molecule has 2 aromatic rings. The maximum Gasteiger partial charge on any atom is 0.138 e. The first-order valence-corrected chi connectivity index (χ1v) is 17.8. The van der Waals surface area contributed by atoms with Gasteiger partial charge in [0.25, 0.3) is 0 Å². The molecule has 6 aliphatic carbocycles. The van der Waals surface area contributed by atoms with Crippen LogP contribution in [0.15, 0.2) is 33.9 Å². The summed E-state index contributed by atoms with van der Waals surface area (Å²) in [5, 5.41) is 0. The number of rotatable bonds is 0. The first-order chi connectivity index (χ1) is 20.6. The monoisotopic (exact) mass is 600 g/mol. The van der Waals surface area contributed by atoms with E-state index < -0.39 is 0 Å². The lowest BCUT2D eigenvalue weighted by molar-refractivity contribution is -0.154. The molecule has 4 heteroatoms. The third kappa shape index (κ3) is 3.93. The molecule has 0 unspecified atom stereocenters. The first-order valence-electron chi connectivity index (χ1n) is 17.8. The zero-order valence-electron chi connectivity index (χ0n) is 28.7. The van der Waals surface area contributed by atoms with Crippen LogP contribution in [0.2, 0.25) is 0 Å². The lowest BCUT2D eigenvalue weighted by Gasteiger charge is -2.63. The van der Waals surface area contributed by atoms with Crippen LogP contribution >= 0.6 is 0 Å². The van der Waals surface area contributed by atoms with E-state index in [9.17, 15) is 9.59 Å². The van der Waals surface area contributed by atoms with Crippen molar-refractivity contribution in [3.8, 4) is 0 Å².